The molecular formula is C12H10O2. The first-order valence-electron chi connectivity index (χ1n) is 4.12. The SMILES string of the molecule is C=CC(=O)c1ccc(C(=O)C=C)cc1. The molecule has 2 heteroatoms. The Labute approximate surface area is 82.6 Å². The van der Waals surface area contributed by atoms with E-state index in [1.807, 2.05) is 0 Å². The summed E-state index contributed by atoms with van der Waals surface area (Å²) in [6, 6.07) is 6.39. The van der Waals surface area contributed by atoms with E-state index in [2.05, 4.69) is 13.2 Å². The normalized spacial score (nSPS) is 9.14. The second kappa shape index (κ2) is 4.33. The highest BCUT2D eigenvalue weighted by atomic mass is 16.1. The Bertz CT molecular complexity index is 346. The van der Waals surface area contributed by atoms with Crippen LogP contribution in [0.1, 0.15) is 20.7 Å². The Morgan fingerprint density at radius 1 is 0.857 bits per heavy atom. The van der Waals surface area contributed by atoms with Gasteiger partial charge in [-0.25, -0.2) is 0 Å². The molecule has 1 aromatic carbocycles. The molecule has 1 aromatic rings. The summed E-state index contributed by atoms with van der Waals surface area (Å²) in [5.41, 5.74) is 1.06. The molecule has 0 aliphatic carbocycles. The first-order valence-corrected chi connectivity index (χ1v) is 4.12. The van der Waals surface area contributed by atoms with Crippen LogP contribution in [0.4, 0.5) is 0 Å². The molecule has 0 aliphatic rings. The highest BCUT2D eigenvalue weighted by Crippen LogP contribution is 2.06. The fourth-order valence-electron chi connectivity index (χ4n) is 1.03. The molecule has 0 bridgehead atoms. The predicted molar refractivity (Wildman–Crippen MR) is 55.5 cm³/mol. The maximum Gasteiger partial charge on any atom is 0.185 e. The number of rotatable bonds is 4. The molecule has 0 aliphatic heterocycles. The standard InChI is InChI=1S/C12H10O2/c1-3-11(13)9-5-7-10(8-6-9)12(14)4-2/h3-8H,1-2H2. The molecule has 1 rings (SSSR count). The zero-order valence-corrected chi connectivity index (χ0v) is 7.69. The molecule has 0 unspecified atom stereocenters. The Morgan fingerprint density at radius 2 is 1.14 bits per heavy atom. The molecule has 0 amide bonds. The maximum absolute atomic E-state index is 11.1. The van der Waals surface area contributed by atoms with Crippen LogP contribution in [0.5, 0.6) is 0 Å². The molecule has 0 spiro atoms. The molecule has 2 nitrogen and oxygen atoms in total. The largest absolute Gasteiger partial charge is 0.289 e. The fourth-order valence-corrected chi connectivity index (χ4v) is 1.03. The molecule has 0 saturated carbocycles. The highest BCUT2D eigenvalue weighted by Gasteiger charge is 2.03. The lowest BCUT2D eigenvalue weighted by Crippen LogP contribution is -1.97. The van der Waals surface area contributed by atoms with Crippen LogP contribution in [-0.4, -0.2) is 11.6 Å². The monoisotopic (exact) mass is 186 g/mol. The molecule has 0 radical (unpaired) electrons. The summed E-state index contributed by atoms with van der Waals surface area (Å²) < 4.78 is 0. The lowest BCUT2D eigenvalue weighted by Gasteiger charge is -1.97. The fraction of sp³-hybridized carbons (Fsp3) is 0. The van der Waals surface area contributed by atoms with Gasteiger partial charge in [-0.2, -0.15) is 0 Å². The minimum atomic E-state index is -0.150. The number of hydrogen-bond acceptors (Lipinski definition) is 2. The zero-order chi connectivity index (χ0) is 10.6. The van der Waals surface area contributed by atoms with Gasteiger partial charge in [0.05, 0.1) is 0 Å². The summed E-state index contributed by atoms with van der Waals surface area (Å²) in [5.74, 6) is -0.301. The van der Waals surface area contributed by atoms with E-state index in [9.17, 15) is 9.59 Å². The minimum Gasteiger partial charge on any atom is -0.289 e. The molecule has 0 aromatic heterocycles. The van der Waals surface area contributed by atoms with Crippen molar-refractivity contribution < 1.29 is 9.59 Å². The topological polar surface area (TPSA) is 34.1 Å². The minimum absolute atomic E-state index is 0.150. The van der Waals surface area contributed by atoms with Crippen LogP contribution < -0.4 is 0 Å². The third-order valence-corrected chi connectivity index (χ3v) is 1.82. The number of benzene rings is 1. The second-order valence-electron chi connectivity index (χ2n) is 2.71. The average Bonchev–Trinajstić information content (AvgIpc) is 2.27. The first kappa shape index (κ1) is 10.1. The van der Waals surface area contributed by atoms with Gasteiger partial charge >= 0.3 is 0 Å². The van der Waals surface area contributed by atoms with Crippen LogP contribution in [-0.2, 0) is 0 Å². The average molecular weight is 186 g/mol. The summed E-state index contributed by atoms with van der Waals surface area (Å²) in [7, 11) is 0. The summed E-state index contributed by atoms with van der Waals surface area (Å²) in [4.78, 5) is 22.3. The number of allylic oxidation sites excluding steroid dienone is 2. The summed E-state index contributed by atoms with van der Waals surface area (Å²) >= 11 is 0. The van der Waals surface area contributed by atoms with Crippen molar-refractivity contribution in [2.45, 2.75) is 0 Å². The Morgan fingerprint density at radius 3 is 1.36 bits per heavy atom. The lowest BCUT2D eigenvalue weighted by atomic mass is 10.1. The van der Waals surface area contributed by atoms with Crippen LogP contribution in [0, 0.1) is 0 Å². The zero-order valence-electron chi connectivity index (χ0n) is 7.69. The third kappa shape index (κ3) is 2.04. The molecule has 14 heavy (non-hydrogen) atoms. The third-order valence-electron chi connectivity index (χ3n) is 1.82. The summed E-state index contributed by atoms with van der Waals surface area (Å²) in [5, 5.41) is 0. The van der Waals surface area contributed by atoms with Gasteiger partial charge in [-0.1, -0.05) is 37.4 Å². The van der Waals surface area contributed by atoms with Crippen molar-refractivity contribution in [3.63, 3.8) is 0 Å². The van der Waals surface area contributed by atoms with E-state index in [1.165, 1.54) is 12.2 Å². The van der Waals surface area contributed by atoms with Crippen molar-refractivity contribution in [2.75, 3.05) is 0 Å². The molecule has 0 saturated heterocycles. The Balaban J connectivity index is 2.99. The maximum atomic E-state index is 11.1. The molecule has 70 valence electrons. The van der Waals surface area contributed by atoms with Crippen LogP contribution >= 0.6 is 0 Å². The predicted octanol–water partition coefficient (Wildman–Crippen LogP) is 2.42. The van der Waals surface area contributed by atoms with Crippen LogP contribution in [0.25, 0.3) is 0 Å². The number of carbonyl (C=O) groups excluding carboxylic acids is 2. The van der Waals surface area contributed by atoms with Crippen molar-refractivity contribution in [2.24, 2.45) is 0 Å². The summed E-state index contributed by atoms with van der Waals surface area (Å²) in [6.45, 7) is 6.76. The molecule has 0 fully saturated rings. The summed E-state index contributed by atoms with van der Waals surface area (Å²) in [6.07, 6.45) is 2.48. The van der Waals surface area contributed by atoms with Crippen molar-refractivity contribution in [1.82, 2.24) is 0 Å². The van der Waals surface area contributed by atoms with Crippen molar-refractivity contribution >= 4 is 11.6 Å². The molecule has 0 heterocycles. The first-order chi connectivity index (χ1) is 6.69. The van der Waals surface area contributed by atoms with Crippen LogP contribution in [0.3, 0.4) is 0 Å². The second-order valence-corrected chi connectivity index (χ2v) is 2.71. The van der Waals surface area contributed by atoms with Gasteiger partial charge < -0.3 is 0 Å². The number of carbonyl (C=O) groups is 2. The highest BCUT2D eigenvalue weighted by molar-refractivity contribution is 6.07. The van der Waals surface area contributed by atoms with Gasteiger partial charge in [0.15, 0.2) is 11.6 Å². The van der Waals surface area contributed by atoms with Gasteiger partial charge in [0.25, 0.3) is 0 Å². The van der Waals surface area contributed by atoms with E-state index in [1.54, 1.807) is 24.3 Å². The number of ketones is 2. The molecule has 0 atom stereocenters. The van der Waals surface area contributed by atoms with Gasteiger partial charge in [0.1, 0.15) is 0 Å². The van der Waals surface area contributed by atoms with E-state index < -0.39 is 0 Å². The van der Waals surface area contributed by atoms with Crippen LogP contribution in [0.2, 0.25) is 0 Å². The quantitative estimate of drug-likeness (QED) is 0.534. The van der Waals surface area contributed by atoms with E-state index >= 15 is 0 Å². The lowest BCUT2D eigenvalue weighted by molar-refractivity contribution is 0.103. The van der Waals surface area contributed by atoms with Crippen LogP contribution in [0.15, 0.2) is 49.6 Å². The van der Waals surface area contributed by atoms with E-state index in [-0.39, 0.29) is 11.6 Å². The van der Waals surface area contributed by atoms with E-state index in [0.29, 0.717) is 11.1 Å². The van der Waals surface area contributed by atoms with Gasteiger partial charge in [-0.15, -0.1) is 0 Å². The van der Waals surface area contributed by atoms with Gasteiger partial charge in [-0.3, -0.25) is 9.59 Å². The number of hydrogen-bond donors (Lipinski definition) is 0. The molecular weight excluding hydrogens is 176 g/mol. The van der Waals surface area contributed by atoms with E-state index in [4.69, 9.17) is 0 Å². The Kier molecular flexibility index (Phi) is 3.13. The van der Waals surface area contributed by atoms with Crippen molar-refractivity contribution in [1.29, 1.82) is 0 Å². The van der Waals surface area contributed by atoms with Crippen molar-refractivity contribution in [3.05, 3.63) is 60.7 Å². The van der Waals surface area contributed by atoms with Gasteiger partial charge in [0.2, 0.25) is 0 Å². The molecule has 0 N–H and O–H groups in total. The van der Waals surface area contributed by atoms with Crippen molar-refractivity contribution in [3.8, 4) is 0 Å². The van der Waals surface area contributed by atoms with E-state index in [0.717, 1.165) is 0 Å². The Hall–Kier alpha value is -1.96. The smallest absolute Gasteiger partial charge is 0.185 e. The van der Waals surface area contributed by atoms with Gasteiger partial charge in [-0.05, 0) is 12.2 Å². The van der Waals surface area contributed by atoms with Gasteiger partial charge in [0, 0.05) is 11.1 Å².